The van der Waals surface area contributed by atoms with Crippen LogP contribution >= 0.6 is 0 Å². The molecule has 0 unspecified atom stereocenters. The van der Waals surface area contributed by atoms with E-state index in [0.717, 1.165) is 16.7 Å². The number of aromatic nitrogens is 9. The van der Waals surface area contributed by atoms with Crippen molar-refractivity contribution in [1.29, 1.82) is 0 Å². The summed E-state index contributed by atoms with van der Waals surface area (Å²) in [6.07, 6.45) is 5.68. The van der Waals surface area contributed by atoms with Crippen molar-refractivity contribution in [2.75, 3.05) is 26.2 Å². The van der Waals surface area contributed by atoms with Crippen LogP contribution in [0.15, 0.2) is 85.5 Å². The molecule has 0 radical (unpaired) electrons. The number of aromatic amines is 3. The highest BCUT2D eigenvalue weighted by atomic mass is 16.2. The summed E-state index contributed by atoms with van der Waals surface area (Å²) in [6, 6.07) is 20.6. The van der Waals surface area contributed by atoms with Crippen molar-refractivity contribution in [3.8, 4) is 22.5 Å². The number of nitrogens with zero attached hydrogens (tertiary/aromatic N) is 6. The monoisotopic (exact) mass is 689 g/mol. The Bertz CT molecular complexity index is 2070. The number of nitrogens with one attached hydrogen (secondary N) is 7. The molecule has 0 saturated heterocycles. The fraction of sp³-hybridized carbons (Fsp3) is 0.206. The minimum atomic E-state index is -0.339. The van der Waals surface area contributed by atoms with E-state index >= 15 is 0 Å². The fourth-order valence-electron chi connectivity index (χ4n) is 5.00. The van der Waals surface area contributed by atoms with E-state index in [1.165, 1.54) is 6.20 Å². The summed E-state index contributed by atoms with van der Waals surface area (Å²) in [7, 11) is 0. The first-order chi connectivity index (χ1) is 24.9. The molecule has 0 spiro atoms. The van der Waals surface area contributed by atoms with Gasteiger partial charge in [0.25, 0.3) is 23.6 Å². The predicted octanol–water partition coefficient (Wildman–Crippen LogP) is 1.93. The lowest BCUT2D eigenvalue weighted by Gasteiger charge is -2.05. The normalized spacial score (nSPS) is 10.8. The Morgan fingerprint density at radius 3 is 1.75 bits per heavy atom. The summed E-state index contributed by atoms with van der Waals surface area (Å²) in [5, 5.41) is 34.8. The molecule has 7 N–H and O–H groups in total. The van der Waals surface area contributed by atoms with Crippen LogP contribution in [0.3, 0.4) is 0 Å². The van der Waals surface area contributed by atoms with E-state index in [2.05, 4.69) is 62.1 Å². The highest BCUT2D eigenvalue weighted by Crippen LogP contribution is 2.19. The summed E-state index contributed by atoms with van der Waals surface area (Å²) < 4.78 is 1.81. The smallest absolute Gasteiger partial charge is 0.273 e. The molecular weight excluding hydrogens is 654 g/mol. The van der Waals surface area contributed by atoms with Gasteiger partial charge in [0.15, 0.2) is 5.69 Å². The maximum absolute atomic E-state index is 12.6. The Morgan fingerprint density at radius 2 is 1.18 bits per heavy atom. The Labute approximate surface area is 291 Å². The van der Waals surface area contributed by atoms with Crippen molar-refractivity contribution >= 4 is 23.6 Å². The van der Waals surface area contributed by atoms with Crippen molar-refractivity contribution in [3.63, 3.8) is 0 Å². The van der Waals surface area contributed by atoms with Gasteiger partial charge in [-0.05, 0) is 30.5 Å². The fourth-order valence-corrected chi connectivity index (χ4v) is 5.00. The van der Waals surface area contributed by atoms with E-state index in [-0.39, 0.29) is 29.3 Å². The first kappa shape index (κ1) is 34.0. The van der Waals surface area contributed by atoms with E-state index < -0.39 is 0 Å². The molecule has 6 aromatic rings. The van der Waals surface area contributed by atoms with Crippen LogP contribution in [-0.2, 0) is 6.54 Å². The molecule has 17 heteroatoms. The molecule has 0 atom stereocenters. The second kappa shape index (κ2) is 16.5. The van der Waals surface area contributed by atoms with Gasteiger partial charge in [-0.25, -0.2) is 4.98 Å². The van der Waals surface area contributed by atoms with Crippen molar-refractivity contribution in [1.82, 2.24) is 66.6 Å². The lowest BCUT2D eigenvalue weighted by Crippen LogP contribution is -2.30. The minimum absolute atomic E-state index is 0.200. The quantitative estimate of drug-likeness (QED) is 0.0735. The zero-order chi connectivity index (χ0) is 35.4. The molecule has 0 saturated carbocycles. The Kier molecular flexibility index (Phi) is 11.0. The van der Waals surface area contributed by atoms with Crippen molar-refractivity contribution in [2.45, 2.75) is 19.4 Å². The van der Waals surface area contributed by atoms with Crippen molar-refractivity contribution in [3.05, 3.63) is 114 Å². The lowest BCUT2D eigenvalue weighted by atomic mass is 10.1. The SMILES string of the molecule is O=C(NCCCNC(=O)c1cc(-c2ccccc2)n[nH]1)c1cn(Cc2ccc(-c3cc(C(=O)NCCCNC(=O)c4cn[nH]n4)[nH]n3)cc2)cn1. The van der Waals surface area contributed by atoms with Gasteiger partial charge in [-0.2, -0.15) is 25.6 Å². The molecule has 51 heavy (non-hydrogen) atoms. The summed E-state index contributed by atoms with van der Waals surface area (Å²) in [4.78, 5) is 53.7. The van der Waals surface area contributed by atoms with Crippen LogP contribution < -0.4 is 21.3 Å². The van der Waals surface area contributed by atoms with E-state index in [1.54, 1.807) is 24.7 Å². The van der Waals surface area contributed by atoms with Gasteiger partial charge in [-0.15, -0.1) is 0 Å². The Balaban J connectivity index is 0.884. The molecule has 2 aromatic carbocycles. The maximum Gasteiger partial charge on any atom is 0.273 e. The van der Waals surface area contributed by atoms with Gasteiger partial charge >= 0.3 is 0 Å². The van der Waals surface area contributed by atoms with Gasteiger partial charge in [0, 0.05) is 50.0 Å². The predicted molar refractivity (Wildman–Crippen MR) is 184 cm³/mol. The number of hydrogen-bond donors (Lipinski definition) is 7. The topological polar surface area (TPSA) is 233 Å². The number of rotatable bonds is 16. The summed E-state index contributed by atoms with van der Waals surface area (Å²) in [6.45, 7) is 1.98. The second-order valence-corrected chi connectivity index (χ2v) is 11.4. The number of H-pyrrole nitrogens is 3. The Morgan fingerprint density at radius 1 is 0.627 bits per heavy atom. The van der Waals surface area contributed by atoms with E-state index in [0.29, 0.717) is 74.0 Å². The first-order valence-electron chi connectivity index (χ1n) is 16.2. The van der Waals surface area contributed by atoms with Gasteiger partial charge in [-0.1, -0.05) is 54.6 Å². The molecule has 0 aliphatic carbocycles. The van der Waals surface area contributed by atoms with E-state index in [4.69, 9.17) is 0 Å². The van der Waals surface area contributed by atoms with E-state index in [1.807, 2.05) is 59.2 Å². The van der Waals surface area contributed by atoms with Crippen LogP contribution in [0.5, 0.6) is 0 Å². The molecule has 0 fully saturated rings. The molecule has 6 rings (SSSR count). The lowest BCUT2D eigenvalue weighted by molar-refractivity contribution is 0.0930. The average Bonchev–Trinajstić information content (AvgIpc) is 4.00. The molecular formula is C34H35N13O4. The third-order valence-corrected chi connectivity index (χ3v) is 7.69. The standard InChI is InChI=1S/C34H35N13O4/c48-31(27-16-25(41-43-27)23-6-2-1-3-7-23)36-13-5-15-38-34(51)30-20-47(21-39-30)19-22-8-10-24(11-9-22)26-17-28(44-42-26)32(49)35-12-4-14-37-33(50)29-18-40-46-45-29/h1-3,6-11,16-18,20-21H,4-5,12-15,19H2,(H,35,49)(H,36,48)(H,37,50)(H,38,51)(H,41,43)(H,42,44)(H,40,45,46). The van der Waals surface area contributed by atoms with Gasteiger partial charge in [0.05, 0.1) is 23.9 Å². The second-order valence-electron chi connectivity index (χ2n) is 11.4. The minimum Gasteiger partial charge on any atom is -0.351 e. The van der Waals surface area contributed by atoms with Crippen LogP contribution in [0.4, 0.5) is 0 Å². The molecule has 4 amide bonds. The zero-order valence-electron chi connectivity index (χ0n) is 27.3. The Hall–Kier alpha value is -6.91. The number of imidazole rings is 1. The van der Waals surface area contributed by atoms with Crippen LogP contribution in [-0.4, -0.2) is 95.2 Å². The molecule has 4 heterocycles. The molecule has 0 aliphatic rings. The summed E-state index contributed by atoms with van der Waals surface area (Å²) in [5.74, 6) is -1.21. The number of amides is 4. The van der Waals surface area contributed by atoms with Crippen LogP contribution in [0.1, 0.15) is 60.4 Å². The van der Waals surface area contributed by atoms with Crippen LogP contribution in [0.2, 0.25) is 0 Å². The van der Waals surface area contributed by atoms with Gasteiger partial charge in [0.1, 0.15) is 17.1 Å². The third kappa shape index (κ3) is 9.17. The maximum atomic E-state index is 12.6. The van der Waals surface area contributed by atoms with Gasteiger partial charge in [-0.3, -0.25) is 29.4 Å². The van der Waals surface area contributed by atoms with Gasteiger partial charge in [0.2, 0.25) is 0 Å². The zero-order valence-corrected chi connectivity index (χ0v) is 27.3. The average molecular weight is 690 g/mol. The molecule has 260 valence electrons. The van der Waals surface area contributed by atoms with Crippen molar-refractivity contribution < 1.29 is 19.2 Å². The van der Waals surface area contributed by atoms with Crippen LogP contribution in [0.25, 0.3) is 22.5 Å². The highest BCUT2D eigenvalue weighted by molar-refractivity contribution is 5.94. The molecule has 0 bridgehead atoms. The third-order valence-electron chi connectivity index (χ3n) is 7.69. The molecule has 0 aliphatic heterocycles. The van der Waals surface area contributed by atoms with Crippen LogP contribution in [0, 0.1) is 0 Å². The highest BCUT2D eigenvalue weighted by Gasteiger charge is 2.14. The summed E-state index contributed by atoms with van der Waals surface area (Å²) in [5.41, 5.74) is 5.21. The number of hydrogen-bond acceptors (Lipinski definition) is 9. The van der Waals surface area contributed by atoms with Gasteiger partial charge < -0.3 is 25.8 Å². The van der Waals surface area contributed by atoms with Crippen molar-refractivity contribution in [2.24, 2.45) is 0 Å². The number of benzene rings is 2. The molecule has 17 nitrogen and oxygen atoms in total. The molecule has 4 aromatic heterocycles. The summed E-state index contributed by atoms with van der Waals surface area (Å²) >= 11 is 0. The first-order valence-corrected chi connectivity index (χ1v) is 16.2. The number of carbonyl (C=O) groups excluding carboxylic acids is 4. The largest absolute Gasteiger partial charge is 0.351 e. The van der Waals surface area contributed by atoms with E-state index in [9.17, 15) is 19.2 Å². The number of carbonyl (C=O) groups is 4.